The van der Waals surface area contributed by atoms with Gasteiger partial charge in [-0.3, -0.25) is 9.59 Å². The summed E-state index contributed by atoms with van der Waals surface area (Å²) in [4.78, 5) is 25.1. The van der Waals surface area contributed by atoms with E-state index in [2.05, 4.69) is 19.2 Å². The lowest BCUT2D eigenvalue weighted by Crippen LogP contribution is -2.33. The Balaban J connectivity index is 1.92. The standard InChI is InChI=1S/C21H23NO4S/c1-13(2)8-9-14(3)22-21(24)15-10-11-17-19(12-15)27(25,26)18-7-5-4-6-16(18)20(17)23/h4-7,10-14H,8-9H2,1-3H3,(H,22,24)/t14-/m0/s1. The van der Waals surface area contributed by atoms with E-state index in [4.69, 9.17) is 0 Å². The first-order valence-electron chi connectivity index (χ1n) is 9.05. The summed E-state index contributed by atoms with van der Waals surface area (Å²) in [5.41, 5.74) is 0.517. The Kier molecular flexibility index (Phi) is 5.20. The van der Waals surface area contributed by atoms with Crippen molar-refractivity contribution in [1.82, 2.24) is 5.32 Å². The molecule has 6 heteroatoms. The number of rotatable bonds is 5. The fourth-order valence-electron chi connectivity index (χ4n) is 3.19. The van der Waals surface area contributed by atoms with Gasteiger partial charge in [0, 0.05) is 22.7 Å². The lowest BCUT2D eigenvalue weighted by molar-refractivity contribution is 0.0935. The molecule has 27 heavy (non-hydrogen) atoms. The number of sulfone groups is 1. The first-order chi connectivity index (χ1) is 12.7. The van der Waals surface area contributed by atoms with Crippen molar-refractivity contribution in [2.24, 2.45) is 5.92 Å². The fraction of sp³-hybridized carbons (Fsp3) is 0.333. The maximum atomic E-state index is 12.9. The lowest BCUT2D eigenvalue weighted by atomic mass is 10.0. The Morgan fingerprint density at radius 3 is 2.33 bits per heavy atom. The first-order valence-corrected chi connectivity index (χ1v) is 10.5. The molecule has 5 nitrogen and oxygen atoms in total. The van der Waals surface area contributed by atoms with Gasteiger partial charge in [0.2, 0.25) is 9.84 Å². The third-order valence-corrected chi connectivity index (χ3v) is 6.61. The molecule has 2 aromatic carbocycles. The van der Waals surface area contributed by atoms with Crippen molar-refractivity contribution in [3.05, 3.63) is 59.2 Å². The Morgan fingerprint density at radius 2 is 1.63 bits per heavy atom. The smallest absolute Gasteiger partial charge is 0.251 e. The van der Waals surface area contributed by atoms with Crippen LogP contribution in [0.2, 0.25) is 0 Å². The van der Waals surface area contributed by atoms with Gasteiger partial charge in [-0.2, -0.15) is 0 Å². The molecule has 1 heterocycles. The van der Waals surface area contributed by atoms with Crippen molar-refractivity contribution in [3.63, 3.8) is 0 Å². The molecule has 3 rings (SSSR count). The molecule has 0 radical (unpaired) electrons. The van der Waals surface area contributed by atoms with Crippen LogP contribution < -0.4 is 5.32 Å². The van der Waals surface area contributed by atoms with Gasteiger partial charge < -0.3 is 5.32 Å². The van der Waals surface area contributed by atoms with Crippen LogP contribution in [-0.2, 0) is 9.84 Å². The van der Waals surface area contributed by atoms with E-state index in [9.17, 15) is 18.0 Å². The van der Waals surface area contributed by atoms with Crippen LogP contribution >= 0.6 is 0 Å². The monoisotopic (exact) mass is 385 g/mol. The molecule has 0 aliphatic carbocycles. The average Bonchev–Trinajstić information content (AvgIpc) is 2.64. The fourth-order valence-corrected chi connectivity index (χ4v) is 4.87. The minimum atomic E-state index is -3.84. The maximum absolute atomic E-state index is 12.9. The Bertz CT molecular complexity index is 1010. The molecule has 0 saturated carbocycles. The quantitative estimate of drug-likeness (QED) is 0.727. The molecule has 1 aliphatic heterocycles. The third-order valence-electron chi connectivity index (χ3n) is 4.75. The predicted molar refractivity (Wildman–Crippen MR) is 103 cm³/mol. The summed E-state index contributed by atoms with van der Waals surface area (Å²) in [5, 5.41) is 2.90. The van der Waals surface area contributed by atoms with Gasteiger partial charge in [-0.15, -0.1) is 0 Å². The number of benzene rings is 2. The number of fused-ring (bicyclic) bond motifs is 2. The number of carbonyl (C=O) groups is 2. The summed E-state index contributed by atoms with van der Waals surface area (Å²) in [6.45, 7) is 6.17. The van der Waals surface area contributed by atoms with E-state index in [0.29, 0.717) is 5.92 Å². The summed E-state index contributed by atoms with van der Waals surface area (Å²) in [6.07, 6.45) is 1.84. The first kappa shape index (κ1) is 19.3. The van der Waals surface area contributed by atoms with Crippen molar-refractivity contribution in [2.45, 2.75) is 49.4 Å². The van der Waals surface area contributed by atoms with Crippen LogP contribution in [0, 0.1) is 5.92 Å². The van der Waals surface area contributed by atoms with Crippen molar-refractivity contribution < 1.29 is 18.0 Å². The lowest BCUT2D eigenvalue weighted by Gasteiger charge is -2.20. The molecular weight excluding hydrogens is 362 g/mol. The van der Waals surface area contributed by atoms with E-state index in [1.165, 1.54) is 30.3 Å². The molecule has 0 spiro atoms. The molecule has 0 bridgehead atoms. The van der Waals surface area contributed by atoms with Gasteiger partial charge >= 0.3 is 0 Å². The summed E-state index contributed by atoms with van der Waals surface area (Å²) in [7, 11) is -3.84. The van der Waals surface area contributed by atoms with Crippen LogP contribution in [-0.4, -0.2) is 26.2 Å². The molecule has 2 aromatic rings. The van der Waals surface area contributed by atoms with Crippen LogP contribution in [0.4, 0.5) is 0 Å². The van der Waals surface area contributed by atoms with Gasteiger partial charge in [0.1, 0.15) is 0 Å². The molecular formula is C21H23NO4S. The number of hydrogen-bond donors (Lipinski definition) is 1. The van der Waals surface area contributed by atoms with Gasteiger partial charge in [0.25, 0.3) is 5.91 Å². The summed E-state index contributed by atoms with van der Waals surface area (Å²) >= 11 is 0. The van der Waals surface area contributed by atoms with Crippen LogP contribution in [0.1, 0.15) is 59.9 Å². The highest BCUT2D eigenvalue weighted by Gasteiger charge is 2.35. The van der Waals surface area contributed by atoms with E-state index in [0.717, 1.165) is 12.8 Å². The van der Waals surface area contributed by atoms with Crippen LogP contribution in [0.5, 0.6) is 0 Å². The second-order valence-electron chi connectivity index (χ2n) is 7.39. The van der Waals surface area contributed by atoms with Gasteiger partial charge in [-0.25, -0.2) is 8.42 Å². The zero-order valence-electron chi connectivity index (χ0n) is 15.7. The SMILES string of the molecule is CC(C)CC[C@H](C)NC(=O)c1ccc2c(c1)S(=O)(=O)c1ccccc1C2=O. The van der Waals surface area contributed by atoms with Crippen LogP contribution in [0.3, 0.4) is 0 Å². The van der Waals surface area contributed by atoms with Gasteiger partial charge in [-0.1, -0.05) is 26.0 Å². The van der Waals surface area contributed by atoms with Gasteiger partial charge in [-0.05, 0) is 56.0 Å². The molecule has 1 aliphatic rings. The maximum Gasteiger partial charge on any atom is 0.251 e. The molecule has 1 atom stereocenters. The largest absolute Gasteiger partial charge is 0.350 e. The van der Waals surface area contributed by atoms with Gasteiger partial charge in [0.05, 0.1) is 9.79 Å². The van der Waals surface area contributed by atoms with Crippen molar-refractivity contribution >= 4 is 21.5 Å². The zero-order valence-corrected chi connectivity index (χ0v) is 16.5. The second kappa shape index (κ2) is 7.27. The van der Waals surface area contributed by atoms with Crippen molar-refractivity contribution in [3.8, 4) is 0 Å². The summed E-state index contributed by atoms with van der Waals surface area (Å²) < 4.78 is 25.9. The van der Waals surface area contributed by atoms with Crippen LogP contribution in [0.15, 0.2) is 52.3 Å². The predicted octanol–water partition coefficient (Wildman–Crippen LogP) is 3.62. The number of nitrogens with one attached hydrogen (secondary N) is 1. The highest BCUT2D eigenvalue weighted by Crippen LogP contribution is 2.34. The summed E-state index contributed by atoms with van der Waals surface area (Å²) in [5.74, 6) is -0.132. The minimum Gasteiger partial charge on any atom is -0.350 e. The van der Waals surface area contributed by atoms with Gasteiger partial charge in [0.15, 0.2) is 5.78 Å². The summed E-state index contributed by atoms with van der Waals surface area (Å²) in [6, 6.07) is 10.4. The normalized spacial score (nSPS) is 15.8. The molecule has 0 saturated heterocycles. The number of amides is 1. The van der Waals surface area contributed by atoms with E-state index in [1.807, 2.05) is 6.92 Å². The molecule has 0 fully saturated rings. The molecule has 1 N–H and O–H groups in total. The third kappa shape index (κ3) is 3.67. The number of carbonyl (C=O) groups excluding carboxylic acids is 2. The highest BCUT2D eigenvalue weighted by molar-refractivity contribution is 7.91. The van der Waals surface area contributed by atoms with Crippen LogP contribution in [0.25, 0.3) is 0 Å². The number of ketones is 1. The zero-order chi connectivity index (χ0) is 19.8. The van der Waals surface area contributed by atoms with E-state index in [-0.39, 0.29) is 44.2 Å². The van der Waals surface area contributed by atoms with Crippen molar-refractivity contribution in [2.75, 3.05) is 0 Å². The average molecular weight is 385 g/mol. The van der Waals surface area contributed by atoms with Crippen molar-refractivity contribution in [1.29, 1.82) is 0 Å². The topological polar surface area (TPSA) is 80.3 Å². The van der Waals surface area contributed by atoms with E-state index < -0.39 is 9.84 Å². The highest BCUT2D eigenvalue weighted by atomic mass is 32.2. The Hall–Kier alpha value is -2.47. The van der Waals surface area contributed by atoms with E-state index >= 15 is 0 Å². The Morgan fingerprint density at radius 1 is 0.963 bits per heavy atom. The van der Waals surface area contributed by atoms with E-state index in [1.54, 1.807) is 12.1 Å². The molecule has 1 amide bonds. The molecule has 0 aromatic heterocycles. The number of hydrogen-bond acceptors (Lipinski definition) is 4. The second-order valence-corrected chi connectivity index (χ2v) is 9.27. The Labute approximate surface area is 159 Å². The molecule has 0 unspecified atom stereocenters. The minimum absolute atomic E-state index is 0.00893. The molecule has 142 valence electrons.